The molecule has 0 aliphatic carbocycles. The van der Waals surface area contributed by atoms with Crippen molar-refractivity contribution in [1.29, 1.82) is 0 Å². The molecule has 4 aromatic rings. The molecule has 7 heteroatoms. The van der Waals surface area contributed by atoms with E-state index in [1.54, 1.807) is 0 Å². The van der Waals surface area contributed by atoms with Crippen LogP contribution in [0.4, 0.5) is 0 Å². The van der Waals surface area contributed by atoms with E-state index in [1.165, 1.54) is 0 Å². The van der Waals surface area contributed by atoms with E-state index < -0.39 is 5.97 Å². The fourth-order valence-electron chi connectivity index (χ4n) is 4.27. The molecule has 36 heavy (non-hydrogen) atoms. The van der Waals surface area contributed by atoms with E-state index in [1.807, 2.05) is 42.5 Å². The minimum atomic E-state index is -1.10. The standard InChI is InChI=1S/C29H28N2O3S.H2O/c32-29(33)25(35-34)20-12-1-2-13-21-31-28(24-18-10-5-11-19-24)26(22-14-6-3-7-15-22)27(30-31)23-16-8-4-9-17-23;/h3-11,14-19H,1-2,12-13,20-21H2,(H,32,33);1H2. The summed E-state index contributed by atoms with van der Waals surface area (Å²) in [6.07, 6.45) is 3.75. The number of carboxylic acid groups (broad SMARTS) is 1. The van der Waals surface area contributed by atoms with Crippen molar-refractivity contribution < 1.29 is 19.6 Å². The third-order valence-electron chi connectivity index (χ3n) is 5.97. The van der Waals surface area contributed by atoms with Crippen LogP contribution in [0.15, 0.2) is 91.0 Å². The molecule has 3 aromatic carbocycles. The fourth-order valence-corrected chi connectivity index (χ4v) is 4.57. The third kappa shape index (κ3) is 6.44. The van der Waals surface area contributed by atoms with Gasteiger partial charge in [-0.15, -0.1) is 0 Å². The number of aliphatic carboxylic acids is 1. The molecule has 1 heterocycles. The number of hydrogen-bond acceptors (Lipinski definition) is 3. The number of hydrogen-bond donors (Lipinski definition) is 1. The second-order valence-corrected chi connectivity index (χ2v) is 9.03. The van der Waals surface area contributed by atoms with Gasteiger partial charge in [0, 0.05) is 23.2 Å². The maximum Gasteiger partial charge on any atom is 0.344 e. The van der Waals surface area contributed by atoms with Crippen LogP contribution in [0.2, 0.25) is 0 Å². The van der Waals surface area contributed by atoms with Crippen LogP contribution < -0.4 is 0 Å². The second-order valence-electron chi connectivity index (χ2n) is 8.37. The van der Waals surface area contributed by atoms with Gasteiger partial charge in [0.15, 0.2) is 0 Å². The van der Waals surface area contributed by atoms with E-state index >= 15 is 0 Å². The van der Waals surface area contributed by atoms with Gasteiger partial charge in [-0.1, -0.05) is 104 Å². The van der Waals surface area contributed by atoms with Crippen LogP contribution in [0.25, 0.3) is 33.6 Å². The Morgan fingerprint density at radius 3 is 1.83 bits per heavy atom. The number of rotatable bonds is 11. The van der Waals surface area contributed by atoms with Crippen molar-refractivity contribution in [2.75, 3.05) is 0 Å². The van der Waals surface area contributed by atoms with E-state index in [0.29, 0.717) is 12.8 Å². The molecule has 0 amide bonds. The summed E-state index contributed by atoms with van der Waals surface area (Å²) in [5, 5.41) is 14.1. The van der Waals surface area contributed by atoms with Crippen molar-refractivity contribution in [2.24, 2.45) is 0 Å². The van der Waals surface area contributed by atoms with Gasteiger partial charge < -0.3 is 10.6 Å². The topological polar surface area (TPSA) is 104 Å². The predicted molar refractivity (Wildman–Crippen MR) is 146 cm³/mol. The van der Waals surface area contributed by atoms with E-state index in [-0.39, 0.29) is 21.6 Å². The first kappa shape index (κ1) is 26.8. The molecule has 3 N–H and O–H groups in total. The van der Waals surface area contributed by atoms with Crippen molar-refractivity contribution in [1.82, 2.24) is 9.78 Å². The first-order valence-electron chi connectivity index (χ1n) is 11.8. The van der Waals surface area contributed by atoms with Crippen LogP contribution in [0.3, 0.4) is 0 Å². The largest absolute Gasteiger partial charge is 0.477 e. The molecule has 0 unspecified atom stereocenters. The Morgan fingerprint density at radius 2 is 1.28 bits per heavy atom. The Balaban J connectivity index is 0.00000361. The van der Waals surface area contributed by atoms with Crippen molar-refractivity contribution >= 4 is 22.1 Å². The van der Waals surface area contributed by atoms with E-state index in [9.17, 15) is 9.00 Å². The predicted octanol–water partition coefficient (Wildman–Crippen LogP) is 5.48. The van der Waals surface area contributed by atoms with Gasteiger partial charge in [0.2, 0.25) is 0 Å². The fraction of sp³-hybridized carbons (Fsp3) is 0.207. The minimum Gasteiger partial charge on any atom is -0.477 e. The van der Waals surface area contributed by atoms with Crippen LogP contribution in [0, 0.1) is 0 Å². The molecule has 0 saturated heterocycles. The highest BCUT2D eigenvalue weighted by Crippen LogP contribution is 2.40. The van der Waals surface area contributed by atoms with Gasteiger partial charge in [0.25, 0.3) is 0 Å². The minimum absolute atomic E-state index is 0. The number of aryl methyl sites for hydroxylation is 1. The Bertz CT molecular complexity index is 1320. The summed E-state index contributed by atoms with van der Waals surface area (Å²) in [6.45, 7) is 0.753. The molecule has 0 atom stereocenters. The molecule has 0 spiro atoms. The average Bonchev–Trinajstić information content (AvgIpc) is 3.29. The monoisotopic (exact) mass is 502 g/mol. The van der Waals surface area contributed by atoms with E-state index in [4.69, 9.17) is 10.2 Å². The number of benzene rings is 3. The summed E-state index contributed by atoms with van der Waals surface area (Å²) in [5.74, 6) is -1.10. The summed E-state index contributed by atoms with van der Waals surface area (Å²) < 4.78 is 13.0. The lowest BCUT2D eigenvalue weighted by atomic mass is 9.96. The van der Waals surface area contributed by atoms with E-state index in [0.717, 1.165) is 59.4 Å². The van der Waals surface area contributed by atoms with Crippen molar-refractivity contribution in [3.63, 3.8) is 0 Å². The van der Waals surface area contributed by atoms with Gasteiger partial charge in [-0.05, 0) is 24.8 Å². The Hall–Kier alpha value is -3.81. The molecule has 6 nitrogen and oxygen atoms in total. The van der Waals surface area contributed by atoms with Crippen LogP contribution in [-0.2, 0) is 22.6 Å². The molecule has 4 rings (SSSR count). The summed E-state index contributed by atoms with van der Waals surface area (Å²) in [5.41, 5.74) is 6.51. The van der Waals surface area contributed by atoms with Gasteiger partial charge >= 0.3 is 5.97 Å². The second kappa shape index (κ2) is 13.3. The molecule has 0 radical (unpaired) electrons. The normalized spacial score (nSPS) is 10.4. The first-order chi connectivity index (χ1) is 17.2. The maximum absolute atomic E-state index is 11.0. The molecule has 0 saturated carbocycles. The van der Waals surface area contributed by atoms with Gasteiger partial charge in [0.05, 0.1) is 16.9 Å². The number of unbranched alkanes of at least 4 members (excludes halogenated alkanes) is 3. The highest BCUT2D eigenvalue weighted by molar-refractivity contribution is 7.68. The highest BCUT2D eigenvalue weighted by atomic mass is 32.1. The number of carbonyl (C=O) groups is 1. The van der Waals surface area contributed by atoms with E-state index in [2.05, 4.69) is 53.2 Å². The Labute approximate surface area is 214 Å². The van der Waals surface area contributed by atoms with Crippen LogP contribution in [-0.4, -0.2) is 35.4 Å². The maximum atomic E-state index is 11.0. The van der Waals surface area contributed by atoms with Crippen LogP contribution in [0.1, 0.15) is 32.1 Å². The molecule has 186 valence electrons. The molecule has 0 bridgehead atoms. The molecule has 0 aliphatic heterocycles. The summed E-state index contributed by atoms with van der Waals surface area (Å²) in [4.78, 5) is 11.0. The lowest BCUT2D eigenvalue weighted by Gasteiger charge is -2.11. The number of carboxylic acids is 1. The van der Waals surface area contributed by atoms with Gasteiger partial charge in [-0.25, -0.2) is 9.00 Å². The zero-order valence-electron chi connectivity index (χ0n) is 20.0. The quantitative estimate of drug-likeness (QED) is 0.217. The van der Waals surface area contributed by atoms with Crippen molar-refractivity contribution in [3.05, 3.63) is 91.0 Å². The number of nitrogens with zero attached hydrogens (tertiary/aromatic N) is 2. The van der Waals surface area contributed by atoms with Crippen molar-refractivity contribution in [2.45, 2.75) is 38.6 Å². The molecule has 1 aromatic heterocycles. The van der Waals surface area contributed by atoms with Gasteiger partial charge in [-0.3, -0.25) is 4.68 Å². The summed E-state index contributed by atoms with van der Waals surface area (Å²) in [6, 6.07) is 31.0. The molecular weight excluding hydrogens is 472 g/mol. The average molecular weight is 503 g/mol. The van der Waals surface area contributed by atoms with Gasteiger partial charge in [-0.2, -0.15) is 5.10 Å². The Kier molecular flexibility index (Phi) is 9.92. The van der Waals surface area contributed by atoms with Crippen molar-refractivity contribution in [3.8, 4) is 33.6 Å². The zero-order chi connectivity index (χ0) is 24.5. The SMILES string of the molecule is O.O=S=C(CCCCCCn1nc(-c2ccccc2)c(-c2ccccc2)c1-c1ccccc1)C(=O)O. The number of aromatic nitrogens is 2. The Morgan fingerprint density at radius 1 is 0.750 bits per heavy atom. The smallest absolute Gasteiger partial charge is 0.344 e. The van der Waals surface area contributed by atoms with Crippen LogP contribution in [0.5, 0.6) is 0 Å². The third-order valence-corrected chi connectivity index (χ3v) is 6.55. The first-order valence-corrected chi connectivity index (χ1v) is 12.6. The lowest BCUT2D eigenvalue weighted by Crippen LogP contribution is -2.12. The molecule has 0 aliphatic rings. The zero-order valence-corrected chi connectivity index (χ0v) is 20.8. The lowest BCUT2D eigenvalue weighted by molar-refractivity contribution is -0.129. The molecule has 0 fully saturated rings. The highest BCUT2D eigenvalue weighted by Gasteiger charge is 2.21. The summed E-state index contributed by atoms with van der Waals surface area (Å²) >= 11 is 0.0914. The van der Waals surface area contributed by atoms with Gasteiger partial charge in [0.1, 0.15) is 10.6 Å². The summed E-state index contributed by atoms with van der Waals surface area (Å²) in [7, 11) is 0. The van der Waals surface area contributed by atoms with Crippen LogP contribution >= 0.6 is 0 Å². The molecular formula is C29H30N2O4S.